The number of aliphatic hydroxyl groups is 1. The molecular weight excluding hydrogens is 266 g/mol. The van der Waals surface area contributed by atoms with Crippen LogP contribution in [0.4, 0.5) is 0 Å². The van der Waals surface area contributed by atoms with Gasteiger partial charge in [0.1, 0.15) is 5.75 Å². The van der Waals surface area contributed by atoms with Crippen molar-refractivity contribution in [2.24, 2.45) is 5.92 Å². The molecule has 1 aromatic carbocycles. The predicted octanol–water partition coefficient (Wildman–Crippen LogP) is 2.32. The van der Waals surface area contributed by atoms with Crippen LogP contribution in [0.3, 0.4) is 0 Å². The van der Waals surface area contributed by atoms with Gasteiger partial charge in [0.15, 0.2) is 0 Å². The summed E-state index contributed by atoms with van der Waals surface area (Å²) in [6, 6.07) is 4.47. The van der Waals surface area contributed by atoms with Gasteiger partial charge >= 0.3 is 0 Å². The first-order valence-corrected chi connectivity index (χ1v) is 6.86. The first-order valence-electron chi connectivity index (χ1n) is 6.48. The van der Waals surface area contributed by atoms with Crippen LogP contribution in [0, 0.1) is 5.92 Å². The number of rotatable bonds is 4. The molecule has 104 valence electrons. The number of nitrogens with one attached hydrogen (secondary N) is 1. The largest absolute Gasteiger partial charge is 0.507 e. The SMILES string of the molecule is CCC(NC(=O)c1ccc(Cl)cc1O)C1CC(O)C1. The van der Waals surface area contributed by atoms with Crippen molar-refractivity contribution in [3.63, 3.8) is 0 Å². The fourth-order valence-corrected chi connectivity index (χ4v) is 2.62. The van der Waals surface area contributed by atoms with Crippen LogP contribution >= 0.6 is 11.6 Å². The number of hydrogen-bond donors (Lipinski definition) is 3. The average molecular weight is 284 g/mol. The molecular formula is C14H18ClNO3. The van der Waals surface area contributed by atoms with Crippen LogP contribution in [0.1, 0.15) is 36.5 Å². The third kappa shape index (κ3) is 3.19. The number of aromatic hydroxyl groups is 1. The van der Waals surface area contributed by atoms with Crippen LogP contribution in [0.25, 0.3) is 0 Å². The van der Waals surface area contributed by atoms with Crippen molar-refractivity contribution in [1.82, 2.24) is 5.32 Å². The van der Waals surface area contributed by atoms with E-state index in [9.17, 15) is 15.0 Å². The van der Waals surface area contributed by atoms with E-state index in [1.807, 2.05) is 6.92 Å². The van der Waals surface area contributed by atoms with Crippen LogP contribution in [-0.2, 0) is 0 Å². The molecule has 0 aromatic heterocycles. The molecule has 0 radical (unpaired) electrons. The van der Waals surface area contributed by atoms with Crippen molar-refractivity contribution < 1.29 is 15.0 Å². The second kappa shape index (κ2) is 5.80. The summed E-state index contributed by atoms with van der Waals surface area (Å²) in [5, 5.41) is 22.3. The second-order valence-corrected chi connectivity index (χ2v) is 5.47. The number of phenols is 1. The molecule has 0 heterocycles. The summed E-state index contributed by atoms with van der Waals surface area (Å²) in [5.41, 5.74) is 0.225. The molecule has 1 fully saturated rings. The molecule has 1 aliphatic rings. The fourth-order valence-electron chi connectivity index (χ4n) is 2.45. The fraction of sp³-hybridized carbons (Fsp3) is 0.500. The number of aliphatic hydroxyl groups excluding tert-OH is 1. The van der Waals surface area contributed by atoms with Crippen LogP contribution in [0.5, 0.6) is 5.75 Å². The van der Waals surface area contributed by atoms with Gasteiger partial charge in [0.25, 0.3) is 5.91 Å². The van der Waals surface area contributed by atoms with E-state index in [-0.39, 0.29) is 29.4 Å². The molecule has 1 aromatic rings. The minimum atomic E-state index is -0.303. The molecule has 4 nitrogen and oxygen atoms in total. The van der Waals surface area contributed by atoms with Gasteiger partial charge in [-0.3, -0.25) is 4.79 Å². The lowest BCUT2D eigenvalue weighted by Crippen LogP contribution is -2.46. The van der Waals surface area contributed by atoms with Gasteiger partial charge < -0.3 is 15.5 Å². The Morgan fingerprint density at radius 3 is 2.74 bits per heavy atom. The van der Waals surface area contributed by atoms with E-state index < -0.39 is 0 Å². The normalized spacial score (nSPS) is 23.5. The third-order valence-electron chi connectivity index (χ3n) is 3.68. The number of carbonyl (C=O) groups excluding carboxylic acids is 1. The van der Waals surface area contributed by atoms with E-state index >= 15 is 0 Å². The Bertz CT molecular complexity index is 472. The number of halogens is 1. The summed E-state index contributed by atoms with van der Waals surface area (Å²) < 4.78 is 0. The minimum Gasteiger partial charge on any atom is -0.507 e. The summed E-state index contributed by atoms with van der Waals surface area (Å²) in [7, 11) is 0. The van der Waals surface area contributed by atoms with Crippen molar-refractivity contribution in [3.05, 3.63) is 28.8 Å². The molecule has 1 saturated carbocycles. The maximum atomic E-state index is 12.1. The monoisotopic (exact) mass is 283 g/mol. The first-order chi connectivity index (χ1) is 9.01. The number of phenolic OH excluding ortho intramolecular Hbond substituents is 1. The van der Waals surface area contributed by atoms with Crippen LogP contribution in [-0.4, -0.2) is 28.3 Å². The van der Waals surface area contributed by atoms with E-state index in [1.165, 1.54) is 12.1 Å². The van der Waals surface area contributed by atoms with Gasteiger partial charge in [-0.05, 0) is 43.4 Å². The summed E-state index contributed by atoms with van der Waals surface area (Å²) >= 11 is 5.73. The summed E-state index contributed by atoms with van der Waals surface area (Å²) in [6.07, 6.45) is 2.02. The molecule has 1 aliphatic carbocycles. The number of carbonyl (C=O) groups is 1. The summed E-state index contributed by atoms with van der Waals surface area (Å²) in [5.74, 6) is -0.103. The average Bonchev–Trinajstić information content (AvgIpc) is 2.32. The Balaban J connectivity index is 2.03. The van der Waals surface area contributed by atoms with E-state index in [2.05, 4.69) is 5.32 Å². The smallest absolute Gasteiger partial charge is 0.255 e. The van der Waals surface area contributed by atoms with Gasteiger partial charge in [-0.1, -0.05) is 18.5 Å². The highest BCUT2D eigenvalue weighted by molar-refractivity contribution is 6.30. The highest BCUT2D eigenvalue weighted by atomic mass is 35.5. The highest BCUT2D eigenvalue weighted by Gasteiger charge is 2.34. The quantitative estimate of drug-likeness (QED) is 0.794. The highest BCUT2D eigenvalue weighted by Crippen LogP contribution is 2.32. The maximum Gasteiger partial charge on any atom is 0.255 e. The molecule has 1 unspecified atom stereocenters. The van der Waals surface area contributed by atoms with E-state index in [0.29, 0.717) is 10.9 Å². The van der Waals surface area contributed by atoms with Gasteiger partial charge in [0, 0.05) is 11.1 Å². The Hall–Kier alpha value is -1.26. The molecule has 0 spiro atoms. The Kier molecular flexibility index (Phi) is 4.32. The predicted molar refractivity (Wildman–Crippen MR) is 73.4 cm³/mol. The zero-order valence-corrected chi connectivity index (χ0v) is 11.5. The Morgan fingerprint density at radius 1 is 1.53 bits per heavy atom. The van der Waals surface area contributed by atoms with Gasteiger partial charge in [0.2, 0.25) is 0 Å². The number of amides is 1. The van der Waals surface area contributed by atoms with Crippen molar-refractivity contribution in [2.75, 3.05) is 0 Å². The molecule has 1 atom stereocenters. The zero-order chi connectivity index (χ0) is 14.0. The lowest BCUT2D eigenvalue weighted by Gasteiger charge is -2.37. The Labute approximate surface area is 117 Å². The molecule has 0 aliphatic heterocycles. The van der Waals surface area contributed by atoms with E-state index in [1.54, 1.807) is 6.07 Å². The number of hydrogen-bond acceptors (Lipinski definition) is 3. The molecule has 1 amide bonds. The topological polar surface area (TPSA) is 69.6 Å². The number of benzene rings is 1. The minimum absolute atomic E-state index is 0.0333. The van der Waals surface area contributed by atoms with Crippen molar-refractivity contribution in [1.29, 1.82) is 0 Å². The molecule has 0 bridgehead atoms. The molecule has 19 heavy (non-hydrogen) atoms. The van der Waals surface area contributed by atoms with Crippen LogP contribution in [0.15, 0.2) is 18.2 Å². The lowest BCUT2D eigenvalue weighted by atomic mass is 9.76. The molecule has 3 N–H and O–H groups in total. The standard InChI is InChI=1S/C14H18ClNO3/c1-2-12(8-5-10(17)6-8)16-14(19)11-4-3-9(15)7-13(11)18/h3-4,7-8,10,12,17-18H,2,5-6H2,1H3,(H,16,19). The van der Waals surface area contributed by atoms with E-state index in [4.69, 9.17) is 11.6 Å². The lowest BCUT2D eigenvalue weighted by molar-refractivity contribution is 0.0232. The molecule has 0 saturated heterocycles. The van der Waals surface area contributed by atoms with Crippen molar-refractivity contribution in [2.45, 2.75) is 38.3 Å². The Morgan fingerprint density at radius 2 is 2.21 bits per heavy atom. The van der Waals surface area contributed by atoms with Crippen LogP contribution < -0.4 is 5.32 Å². The maximum absolute atomic E-state index is 12.1. The van der Waals surface area contributed by atoms with Crippen molar-refractivity contribution >= 4 is 17.5 Å². The van der Waals surface area contributed by atoms with E-state index in [0.717, 1.165) is 19.3 Å². The third-order valence-corrected chi connectivity index (χ3v) is 3.91. The molecule has 2 rings (SSSR count). The first kappa shape index (κ1) is 14.2. The molecule has 5 heteroatoms. The summed E-state index contributed by atoms with van der Waals surface area (Å²) in [6.45, 7) is 2.00. The summed E-state index contributed by atoms with van der Waals surface area (Å²) in [4.78, 5) is 12.1. The van der Waals surface area contributed by atoms with Gasteiger partial charge in [-0.15, -0.1) is 0 Å². The van der Waals surface area contributed by atoms with Crippen LogP contribution in [0.2, 0.25) is 5.02 Å². The zero-order valence-electron chi connectivity index (χ0n) is 10.8. The van der Waals surface area contributed by atoms with Gasteiger partial charge in [-0.2, -0.15) is 0 Å². The van der Waals surface area contributed by atoms with Gasteiger partial charge in [-0.25, -0.2) is 0 Å². The van der Waals surface area contributed by atoms with Crippen molar-refractivity contribution in [3.8, 4) is 5.75 Å². The van der Waals surface area contributed by atoms with Gasteiger partial charge in [0.05, 0.1) is 11.7 Å². The second-order valence-electron chi connectivity index (χ2n) is 5.03.